The van der Waals surface area contributed by atoms with Gasteiger partial charge in [0.25, 0.3) is 0 Å². The summed E-state index contributed by atoms with van der Waals surface area (Å²) >= 11 is 0. The molecule has 0 saturated carbocycles. The summed E-state index contributed by atoms with van der Waals surface area (Å²) in [5.41, 5.74) is 8.75. The van der Waals surface area contributed by atoms with Crippen molar-refractivity contribution in [1.82, 2.24) is 10.4 Å². The highest BCUT2D eigenvalue weighted by Gasteiger charge is 2.14. The topological polar surface area (TPSA) is 41.3 Å². The van der Waals surface area contributed by atoms with E-state index in [0.29, 0.717) is 12.7 Å². The monoisotopic (exact) mass is 200 g/mol. The van der Waals surface area contributed by atoms with Crippen LogP contribution in [0.4, 0.5) is 0 Å². The molecule has 0 heterocycles. The zero-order chi connectivity index (χ0) is 10.8. The number of nitrogens with zero attached hydrogens (tertiary/aromatic N) is 1. The molecule has 14 heavy (non-hydrogen) atoms. The minimum absolute atomic E-state index is 0.529. The second-order valence-electron chi connectivity index (χ2n) is 3.61. The van der Waals surface area contributed by atoms with Gasteiger partial charge in [-0.05, 0) is 19.3 Å². The first-order chi connectivity index (χ1) is 6.79. The maximum atomic E-state index is 5.52. The van der Waals surface area contributed by atoms with Gasteiger partial charge >= 0.3 is 0 Å². The van der Waals surface area contributed by atoms with Crippen LogP contribution in [0.15, 0.2) is 0 Å². The minimum atomic E-state index is 0.529. The van der Waals surface area contributed by atoms with Crippen molar-refractivity contribution in [3.05, 3.63) is 6.92 Å². The second-order valence-corrected chi connectivity index (χ2v) is 3.61. The highest BCUT2D eigenvalue weighted by atomic mass is 15.5. The molecule has 0 aromatic rings. The van der Waals surface area contributed by atoms with E-state index in [1.54, 1.807) is 0 Å². The summed E-state index contributed by atoms with van der Waals surface area (Å²) in [5.74, 6) is 0. The van der Waals surface area contributed by atoms with Crippen molar-refractivity contribution < 1.29 is 0 Å². The first kappa shape index (κ1) is 13.9. The summed E-state index contributed by atoms with van der Waals surface area (Å²) < 4.78 is 0. The lowest BCUT2D eigenvalue weighted by atomic mass is 10.1. The Morgan fingerprint density at radius 1 is 1.43 bits per heavy atom. The van der Waals surface area contributed by atoms with Gasteiger partial charge in [-0.25, -0.2) is 10.4 Å². The van der Waals surface area contributed by atoms with Gasteiger partial charge in [-0.15, -0.1) is 0 Å². The van der Waals surface area contributed by atoms with E-state index in [2.05, 4.69) is 31.2 Å². The van der Waals surface area contributed by atoms with Crippen LogP contribution in [0.2, 0.25) is 0 Å². The number of rotatable bonds is 9. The molecule has 1 radical (unpaired) electrons. The smallest absolute Gasteiger partial charge is 0.0567 e. The molecule has 0 saturated heterocycles. The number of hydrogen-bond donors (Lipinski definition) is 2. The van der Waals surface area contributed by atoms with Gasteiger partial charge in [-0.3, -0.25) is 0 Å². The minimum Gasteiger partial charge on any atom is -0.317 e. The average Bonchev–Trinajstić information content (AvgIpc) is 2.19. The first-order valence-corrected chi connectivity index (χ1v) is 5.79. The van der Waals surface area contributed by atoms with Crippen molar-refractivity contribution in [2.24, 2.45) is 5.73 Å². The predicted molar refractivity (Wildman–Crippen MR) is 62.5 cm³/mol. The normalized spacial score (nSPS) is 13.5. The summed E-state index contributed by atoms with van der Waals surface area (Å²) in [6.07, 6.45) is 5.78. The summed E-state index contributed by atoms with van der Waals surface area (Å²) in [4.78, 5) is 0. The van der Waals surface area contributed by atoms with Crippen molar-refractivity contribution in [2.45, 2.75) is 52.0 Å². The molecule has 3 heteroatoms. The number of nitrogens with two attached hydrogens (primary N) is 1. The van der Waals surface area contributed by atoms with Crippen LogP contribution in [0.3, 0.4) is 0 Å². The number of unbranched alkanes of at least 4 members (excludes halogenated alkanes) is 1. The maximum absolute atomic E-state index is 5.52. The standard InChI is InChI=1S/C11H26N3/c1-4-7-8-11(6-3)14(9-5-2)13-10-12/h11,13H,1,4-10,12H2,2-3H3. The Balaban J connectivity index is 3.96. The van der Waals surface area contributed by atoms with Gasteiger partial charge in [0.05, 0.1) is 6.67 Å². The van der Waals surface area contributed by atoms with E-state index in [-0.39, 0.29) is 0 Å². The largest absolute Gasteiger partial charge is 0.317 e. The third kappa shape index (κ3) is 5.58. The molecule has 0 aliphatic rings. The van der Waals surface area contributed by atoms with Gasteiger partial charge in [-0.2, -0.15) is 0 Å². The molecule has 1 atom stereocenters. The molecule has 0 amide bonds. The van der Waals surface area contributed by atoms with Gasteiger partial charge < -0.3 is 5.73 Å². The first-order valence-electron chi connectivity index (χ1n) is 5.79. The zero-order valence-electron chi connectivity index (χ0n) is 9.76. The number of nitrogens with one attached hydrogen (secondary N) is 1. The summed E-state index contributed by atoms with van der Waals surface area (Å²) in [5, 5.41) is 2.29. The molecule has 0 fully saturated rings. The van der Waals surface area contributed by atoms with E-state index < -0.39 is 0 Å². The highest BCUT2D eigenvalue weighted by molar-refractivity contribution is 4.67. The van der Waals surface area contributed by atoms with Gasteiger partial charge in [0, 0.05) is 12.6 Å². The quantitative estimate of drug-likeness (QED) is 0.441. The van der Waals surface area contributed by atoms with Crippen LogP contribution in [-0.2, 0) is 0 Å². The van der Waals surface area contributed by atoms with Crippen LogP contribution in [0, 0.1) is 6.92 Å². The summed E-state index contributed by atoms with van der Waals surface area (Å²) in [7, 11) is 0. The average molecular weight is 200 g/mol. The van der Waals surface area contributed by atoms with Gasteiger partial charge in [0.15, 0.2) is 0 Å². The van der Waals surface area contributed by atoms with E-state index in [0.717, 1.165) is 19.4 Å². The molecule has 85 valence electrons. The van der Waals surface area contributed by atoms with Crippen molar-refractivity contribution in [3.8, 4) is 0 Å². The van der Waals surface area contributed by atoms with Crippen molar-refractivity contribution in [2.75, 3.05) is 13.2 Å². The van der Waals surface area contributed by atoms with Crippen LogP contribution >= 0.6 is 0 Å². The van der Waals surface area contributed by atoms with Gasteiger partial charge in [0.2, 0.25) is 0 Å². The molecule has 0 spiro atoms. The lowest BCUT2D eigenvalue weighted by molar-refractivity contribution is 0.113. The van der Waals surface area contributed by atoms with E-state index in [1.165, 1.54) is 19.3 Å². The van der Waals surface area contributed by atoms with Crippen LogP contribution in [0.25, 0.3) is 0 Å². The zero-order valence-corrected chi connectivity index (χ0v) is 9.76. The molecular weight excluding hydrogens is 174 g/mol. The van der Waals surface area contributed by atoms with Crippen molar-refractivity contribution in [3.63, 3.8) is 0 Å². The fraction of sp³-hybridized carbons (Fsp3) is 0.909. The third-order valence-corrected chi connectivity index (χ3v) is 2.46. The molecule has 3 N–H and O–H groups in total. The number of hydrazine groups is 1. The molecule has 0 rings (SSSR count). The van der Waals surface area contributed by atoms with Crippen LogP contribution in [0.1, 0.15) is 46.0 Å². The molecule has 3 nitrogen and oxygen atoms in total. The molecular formula is C11H26N3. The SMILES string of the molecule is [CH2]CCCC(CC)N(CCC)NCN. The Kier molecular flexibility index (Phi) is 9.35. The molecule has 0 bridgehead atoms. The van der Waals surface area contributed by atoms with Crippen molar-refractivity contribution in [1.29, 1.82) is 0 Å². The predicted octanol–water partition coefficient (Wildman–Crippen LogP) is 1.90. The molecule has 0 aliphatic carbocycles. The Hall–Kier alpha value is -0.120. The Bertz CT molecular complexity index is 111. The van der Waals surface area contributed by atoms with E-state index >= 15 is 0 Å². The third-order valence-electron chi connectivity index (χ3n) is 2.46. The molecule has 0 aliphatic heterocycles. The highest BCUT2D eigenvalue weighted by Crippen LogP contribution is 2.10. The lowest BCUT2D eigenvalue weighted by Crippen LogP contribution is -2.48. The Morgan fingerprint density at radius 3 is 2.57 bits per heavy atom. The van der Waals surface area contributed by atoms with Crippen LogP contribution in [0.5, 0.6) is 0 Å². The fourth-order valence-corrected chi connectivity index (χ4v) is 1.71. The second kappa shape index (κ2) is 9.44. The fourth-order valence-electron chi connectivity index (χ4n) is 1.71. The van der Waals surface area contributed by atoms with Gasteiger partial charge in [0.1, 0.15) is 0 Å². The van der Waals surface area contributed by atoms with E-state index in [4.69, 9.17) is 5.73 Å². The number of hydrogen-bond acceptors (Lipinski definition) is 3. The molecule has 0 aromatic heterocycles. The van der Waals surface area contributed by atoms with Crippen molar-refractivity contribution >= 4 is 0 Å². The summed E-state index contributed by atoms with van der Waals surface area (Å²) in [6, 6.07) is 0.611. The molecule has 1 unspecified atom stereocenters. The Labute approximate surface area is 89.0 Å². The van der Waals surface area contributed by atoms with E-state index in [1.807, 2.05) is 0 Å². The van der Waals surface area contributed by atoms with Crippen LogP contribution < -0.4 is 11.2 Å². The van der Waals surface area contributed by atoms with Gasteiger partial charge in [-0.1, -0.05) is 33.6 Å². The Morgan fingerprint density at radius 2 is 2.14 bits per heavy atom. The maximum Gasteiger partial charge on any atom is 0.0567 e. The van der Waals surface area contributed by atoms with Crippen LogP contribution in [-0.4, -0.2) is 24.3 Å². The lowest BCUT2D eigenvalue weighted by Gasteiger charge is -2.30. The van der Waals surface area contributed by atoms with E-state index in [9.17, 15) is 0 Å². The summed E-state index contributed by atoms with van der Waals surface area (Å²) in [6.45, 7) is 9.91. The molecule has 0 aromatic carbocycles.